The van der Waals surface area contributed by atoms with Crippen molar-refractivity contribution in [3.8, 4) is 0 Å². The van der Waals surface area contributed by atoms with E-state index in [1.807, 2.05) is 0 Å². The first-order valence-corrected chi connectivity index (χ1v) is 9.85. The molecule has 0 N–H and O–H groups in total. The van der Waals surface area contributed by atoms with Crippen molar-refractivity contribution >= 4 is 40.5 Å². The number of carbonyl (C=O) groups excluding carboxylic acids is 2. The highest BCUT2D eigenvalue weighted by molar-refractivity contribution is 6.34. The van der Waals surface area contributed by atoms with Crippen LogP contribution in [0.5, 0.6) is 0 Å². The highest BCUT2D eigenvalue weighted by Crippen LogP contribution is 2.40. The summed E-state index contributed by atoms with van der Waals surface area (Å²) in [6.07, 6.45) is 0. The van der Waals surface area contributed by atoms with Crippen LogP contribution < -0.4 is 9.91 Å². The van der Waals surface area contributed by atoms with E-state index in [1.54, 1.807) is 36.4 Å². The Morgan fingerprint density at radius 3 is 2.26 bits per heavy atom. The summed E-state index contributed by atoms with van der Waals surface area (Å²) in [5.41, 5.74) is 0.607. The van der Waals surface area contributed by atoms with Gasteiger partial charge in [-0.15, -0.1) is 0 Å². The van der Waals surface area contributed by atoms with E-state index >= 15 is 0 Å². The quantitative estimate of drug-likeness (QED) is 0.571. The van der Waals surface area contributed by atoms with Crippen molar-refractivity contribution in [3.63, 3.8) is 0 Å². The number of fused-ring (bicyclic) bond motifs is 1. The van der Waals surface area contributed by atoms with Gasteiger partial charge in [0.25, 0.3) is 5.91 Å². The molecule has 5 rings (SSSR count). The molecule has 0 spiro atoms. The zero-order chi connectivity index (χ0) is 21.7. The number of para-hydroxylation sites is 1. The van der Waals surface area contributed by atoms with Crippen molar-refractivity contribution in [2.75, 3.05) is 9.91 Å². The molecule has 0 bridgehead atoms. The van der Waals surface area contributed by atoms with E-state index in [-0.39, 0.29) is 22.0 Å². The third-order valence-electron chi connectivity index (χ3n) is 5.37. The molecule has 1 saturated heterocycles. The number of nitrogens with zero attached hydrogens (tertiary/aromatic N) is 3. The zero-order valence-electron chi connectivity index (χ0n) is 15.9. The third kappa shape index (κ3) is 3.00. The molecule has 154 valence electrons. The normalized spacial score (nSPS) is 20.3. The number of imide groups is 1. The number of hydrogen-bond acceptors (Lipinski definition) is 4. The summed E-state index contributed by atoms with van der Waals surface area (Å²) in [5, 5.41) is 6.01. The van der Waals surface area contributed by atoms with Crippen LogP contribution in [0.25, 0.3) is 0 Å². The number of carbonyl (C=O) groups is 2. The Bertz CT molecular complexity index is 1250. The Morgan fingerprint density at radius 2 is 1.55 bits per heavy atom. The fraction of sp³-hybridized carbons (Fsp3) is 0.0870. The molecule has 0 aliphatic carbocycles. The summed E-state index contributed by atoms with van der Waals surface area (Å²) in [6.45, 7) is 0. The lowest BCUT2D eigenvalue weighted by Gasteiger charge is -2.22. The first-order chi connectivity index (χ1) is 15.0. The molecule has 31 heavy (non-hydrogen) atoms. The van der Waals surface area contributed by atoms with Crippen molar-refractivity contribution in [2.24, 2.45) is 11.0 Å². The number of anilines is 2. The molecule has 0 saturated carbocycles. The number of amides is 2. The molecule has 2 aliphatic rings. The number of hydrazone groups is 1. The number of hydrogen-bond donors (Lipinski definition) is 0. The first-order valence-electron chi connectivity index (χ1n) is 9.48. The molecular formula is C23H14ClF2N3O2. The molecule has 1 fully saturated rings. The van der Waals surface area contributed by atoms with Gasteiger partial charge in [0.1, 0.15) is 23.6 Å². The van der Waals surface area contributed by atoms with E-state index in [0.29, 0.717) is 5.69 Å². The molecule has 3 aromatic carbocycles. The van der Waals surface area contributed by atoms with Gasteiger partial charge in [-0.3, -0.25) is 14.6 Å². The smallest absolute Gasteiger partial charge is 0.260 e. The Morgan fingerprint density at radius 1 is 0.839 bits per heavy atom. The molecule has 2 heterocycles. The lowest BCUT2D eigenvalue weighted by atomic mass is 9.92. The monoisotopic (exact) mass is 437 g/mol. The van der Waals surface area contributed by atoms with E-state index in [9.17, 15) is 18.4 Å². The number of rotatable bonds is 3. The molecule has 5 nitrogen and oxygen atoms in total. The summed E-state index contributed by atoms with van der Waals surface area (Å²) < 4.78 is 29.2. The molecule has 2 aliphatic heterocycles. The number of benzene rings is 3. The topological polar surface area (TPSA) is 53.0 Å². The van der Waals surface area contributed by atoms with E-state index in [1.165, 1.54) is 35.3 Å². The van der Waals surface area contributed by atoms with Crippen LogP contribution in [0.1, 0.15) is 5.56 Å². The standard InChI is InChI=1S/C23H14ClF2N3O2/c24-13-10-11-18(17(26)12-13)28-22(30)19-20(15-8-4-5-9-16(15)25)27-29(21(19)23(28)31)14-6-2-1-3-7-14/h1-12,19,21H. The van der Waals surface area contributed by atoms with Gasteiger partial charge >= 0.3 is 0 Å². The van der Waals surface area contributed by atoms with E-state index in [0.717, 1.165) is 11.0 Å². The Kier molecular flexibility index (Phi) is 4.55. The van der Waals surface area contributed by atoms with Crippen LogP contribution in [0.2, 0.25) is 5.02 Å². The zero-order valence-corrected chi connectivity index (χ0v) is 16.6. The summed E-state index contributed by atoms with van der Waals surface area (Å²) in [7, 11) is 0. The molecule has 2 amide bonds. The minimum Gasteiger partial charge on any atom is -0.273 e. The average molecular weight is 438 g/mol. The van der Waals surface area contributed by atoms with Crippen LogP contribution in [0.3, 0.4) is 0 Å². The predicted molar refractivity (Wildman–Crippen MR) is 113 cm³/mol. The van der Waals surface area contributed by atoms with Gasteiger partial charge in [0.05, 0.1) is 17.1 Å². The minimum absolute atomic E-state index is 0.121. The largest absolute Gasteiger partial charge is 0.273 e. The van der Waals surface area contributed by atoms with Crippen molar-refractivity contribution in [1.29, 1.82) is 0 Å². The summed E-state index contributed by atoms with van der Waals surface area (Å²) in [4.78, 5) is 27.6. The Hall–Kier alpha value is -3.58. The molecule has 0 aromatic heterocycles. The Balaban J connectivity index is 1.66. The van der Waals surface area contributed by atoms with Crippen molar-refractivity contribution in [3.05, 3.63) is 95.0 Å². The van der Waals surface area contributed by atoms with Crippen LogP contribution in [-0.2, 0) is 9.59 Å². The SMILES string of the molecule is O=C1C2C(c3ccccc3F)=NN(c3ccccc3)C2C(=O)N1c1ccc(Cl)cc1F. The summed E-state index contributed by atoms with van der Waals surface area (Å²) in [6, 6.07) is 17.4. The van der Waals surface area contributed by atoms with Gasteiger partial charge in [-0.2, -0.15) is 5.10 Å². The average Bonchev–Trinajstić information content (AvgIpc) is 3.27. The van der Waals surface area contributed by atoms with E-state index in [4.69, 9.17) is 11.6 Å². The molecule has 0 radical (unpaired) electrons. The molecule has 2 atom stereocenters. The summed E-state index contributed by atoms with van der Waals surface area (Å²) >= 11 is 5.82. The van der Waals surface area contributed by atoms with Crippen LogP contribution in [0, 0.1) is 17.6 Å². The van der Waals surface area contributed by atoms with Gasteiger partial charge in [0.15, 0.2) is 0 Å². The lowest BCUT2D eigenvalue weighted by molar-refractivity contribution is -0.121. The maximum Gasteiger partial charge on any atom is 0.260 e. The summed E-state index contributed by atoms with van der Waals surface area (Å²) in [5.74, 6) is -3.76. The van der Waals surface area contributed by atoms with Gasteiger partial charge in [0, 0.05) is 10.6 Å². The fourth-order valence-electron chi connectivity index (χ4n) is 4.00. The van der Waals surface area contributed by atoms with Gasteiger partial charge < -0.3 is 0 Å². The van der Waals surface area contributed by atoms with Crippen molar-refractivity contribution < 1.29 is 18.4 Å². The van der Waals surface area contributed by atoms with Crippen LogP contribution in [0.15, 0.2) is 77.9 Å². The second-order valence-corrected chi connectivity index (χ2v) is 7.61. The van der Waals surface area contributed by atoms with Gasteiger partial charge in [0.2, 0.25) is 5.91 Å². The van der Waals surface area contributed by atoms with Crippen LogP contribution >= 0.6 is 11.6 Å². The molecule has 2 unspecified atom stereocenters. The molecule has 8 heteroatoms. The van der Waals surface area contributed by atoms with Gasteiger partial charge in [-0.05, 0) is 36.4 Å². The van der Waals surface area contributed by atoms with Crippen LogP contribution in [-0.4, -0.2) is 23.6 Å². The first kappa shape index (κ1) is 19.4. The van der Waals surface area contributed by atoms with E-state index in [2.05, 4.69) is 5.10 Å². The Labute approximate surface area is 181 Å². The fourth-order valence-corrected chi connectivity index (χ4v) is 4.16. The number of halogens is 3. The lowest BCUT2D eigenvalue weighted by Crippen LogP contribution is -2.39. The molecular weight excluding hydrogens is 424 g/mol. The van der Waals surface area contributed by atoms with Gasteiger partial charge in [-0.1, -0.05) is 48.0 Å². The van der Waals surface area contributed by atoms with Gasteiger partial charge in [-0.25, -0.2) is 13.7 Å². The second kappa shape index (κ2) is 7.28. The molecule has 3 aromatic rings. The van der Waals surface area contributed by atoms with E-state index < -0.39 is 35.4 Å². The van der Waals surface area contributed by atoms with Crippen molar-refractivity contribution in [1.82, 2.24) is 0 Å². The predicted octanol–water partition coefficient (Wildman–Crippen LogP) is 4.40. The second-order valence-electron chi connectivity index (χ2n) is 7.18. The maximum atomic E-state index is 14.6. The highest BCUT2D eigenvalue weighted by atomic mass is 35.5. The minimum atomic E-state index is -1.08. The maximum absolute atomic E-state index is 14.6. The highest BCUT2D eigenvalue weighted by Gasteiger charge is 2.58. The van der Waals surface area contributed by atoms with Crippen molar-refractivity contribution in [2.45, 2.75) is 6.04 Å². The van der Waals surface area contributed by atoms with Crippen LogP contribution in [0.4, 0.5) is 20.2 Å². The third-order valence-corrected chi connectivity index (χ3v) is 5.61.